The highest BCUT2D eigenvalue weighted by atomic mass is 16.5. The number of amides is 1. The van der Waals surface area contributed by atoms with Gasteiger partial charge in [0.15, 0.2) is 0 Å². The van der Waals surface area contributed by atoms with Gasteiger partial charge in [0.1, 0.15) is 5.75 Å². The van der Waals surface area contributed by atoms with E-state index in [1.807, 2.05) is 18.2 Å². The maximum absolute atomic E-state index is 12.4. The van der Waals surface area contributed by atoms with Crippen molar-refractivity contribution in [2.24, 2.45) is 5.92 Å². The maximum atomic E-state index is 12.4. The van der Waals surface area contributed by atoms with Crippen LogP contribution in [-0.4, -0.2) is 55.8 Å². The molecular weight excluding hydrogens is 304 g/mol. The summed E-state index contributed by atoms with van der Waals surface area (Å²) in [4.78, 5) is 14.9. The second-order valence-electron chi connectivity index (χ2n) is 7.19. The van der Waals surface area contributed by atoms with Crippen molar-refractivity contribution in [3.8, 4) is 5.75 Å². The highest BCUT2D eigenvalue weighted by Crippen LogP contribution is 2.22. The maximum Gasteiger partial charge on any atom is 0.251 e. The van der Waals surface area contributed by atoms with Crippen LogP contribution in [0.5, 0.6) is 5.75 Å². The SMILES string of the molecule is CC(C)COc1cccc(C(=O)NCC2CN3CCCC3CO2)c1. The van der Waals surface area contributed by atoms with Gasteiger partial charge in [-0.25, -0.2) is 0 Å². The van der Waals surface area contributed by atoms with Crippen molar-refractivity contribution in [2.45, 2.75) is 38.8 Å². The number of fused-ring (bicyclic) bond motifs is 1. The molecule has 2 saturated heterocycles. The molecule has 0 saturated carbocycles. The lowest BCUT2D eigenvalue weighted by atomic mass is 10.1. The third-order valence-electron chi connectivity index (χ3n) is 4.63. The van der Waals surface area contributed by atoms with Crippen LogP contribution in [-0.2, 0) is 4.74 Å². The molecule has 0 aromatic heterocycles. The van der Waals surface area contributed by atoms with E-state index >= 15 is 0 Å². The predicted molar refractivity (Wildman–Crippen MR) is 93.4 cm³/mol. The minimum Gasteiger partial charge on any atom is -0.493 e. The van der Waals surface area contributed by atoms with Crippen molar-refractivity contribution in [3.63, 3.8) is 0 Å². The van der Waals surface area contributed by atoms with E-state index in [1.54, 1.807) is 6.07 Å². The zero-order valence-electron chi connectivity index (χ0n) is 14.7. The largest absolute Gasteiger partial charge is 0.493 e. The summed E-state index contributed by atoms with van der Waals surface area (Å²) in [5, 5.41) is 2.99. The fourth-order valence-corrected chi connectivity index (χ4v) is 3.31. The van der Waals surface area contributed by atoms with E-state index in [1.165, 1.54) is 12.8 Å². The van der Waals surface area contributed by atoms with Gasteiger partial charge >= 0.3 is 0 Å². The summed E-state index contributed by atoms with van der Waals surface area (Å²) in [6.45, 7) is 8.28. The third kappa shape index (κ3) is 4.48. The molecule has 24 heavy (non-hydrogen) atoms. The number of carbonyl (C=O) groups is 1. The standard InChI is InChI=1S/C19H28N2O3/c1-14(2)12-23-17-7-3-5-15(9-17)19(22)20-10-18-11-21-8-4-6-16(21)13-24-18/h3,5,7,9,14,16,18H,4,6,8,10-13H2,1-2H3,(H,20,22). The molecule has 2 aliphatic rings. The Kier molecular flexibility index (Phi) is 5.74. The average molecular weight is 332 g/mol. The van der Waals surface area contributed by atoms with Crippen molar-refractivity contribution < 1.29 is 14.3 Å². The Labute approximate surface area is 144 Å². The van der Waals surface area contributed by atoms with E-state index < -0.39 is 0 Å². The molecule has 0 bridgehead atoms. The van der Waals surface area contributed by atoms with Crippen LogP contribution in [0, 0.1) is 5.92 Å². The van der Waals surface area contributed by atoms with Gasteiger partial charge in [-0.2, -0.15) is 0 Å². The lowest BCUT2D eigenvalue weighted by molar-refractivity contribution is -0.0461. The van der Waals surface area contributed by atoms with Crippen molar-refractivity contribution in [1.82, 2.24) is 10.2 Å². The van der Waals surface area contributed by atoms with Gasteiger partial charge < -0.3 is 14.8 Å². The van der Waals surface area contributed by atoms with Crippen LogP contribution in [0.15, 0.2) is 24.3 Å². The minimum absolute atomic E-state index is 0.0721. The number of nitrogens with one attached hydrogen (secondary N) is 1. The summed E-state index contributed by atoms with van der Waals surface area (Å²) >= 11 is 0. The van der Waals surface area contributed by atoms with E-state index in [-0.39, 0.29) is 12.0 Å². The zero-order chi connectivity index (χ0) is 16.9. The fourth-order valence-electron chi connectivity index (χ4n) is 3.31. The molecular formula is C19H28N2O3. The minimum atomic E-state index is -0.0721. The Balaban J connectivity index is 1.49. The monoisotopic (exact) mass is 332 g/mol. The Bertz CT molecular complexity index is 561. The van der Waals surface area contributed by atoms with Gasteiger partial charge in [0.2, 0.25) is 0 Å². The summed E-state index contributed by atoms with van der Waals surface area (Å²) < 4.78 is 11.6. The van der Waals surface area contributed by atoms with Crippen LogP contribution in [0.1, 0.15) is 37.0 Å². The molecule has 5 heteroatoms. The first-order chi connectivity index (χ1) is 11.6. The first-order valence-electron chi connectivity index (χ1n) is 8.98. The first kappa shape index (κ1) is 17.2. The highest BCUT2D eigenvalue weighted by Gasteiger charge is 2.32. The van der Waals surface area contributed by atoms with Crippen LogP contribution in [0.2, 0.25) is 0 Å². The zero-order valence-corrected chi connectivity index (χ0v) is 14.7. The van der Waals surface area contributed by atoms with Crippen LogP contribution < -0.4 is 10.1 Å². The van der Waals surface area contributed by atoms with Gasteiger partial charge in [-0.05, 0) is 43.5 Å². The molecule has 2 atom stereocenters. The lowest BCUT2D eigenvalue weighted by Gasteiger charge is -2.35. The van der Waals surface area contributed by atoms with Crippen molar-refractivity contribution in [3.05, 3.63) is 29.8 Å². The van der Waals surface area contributed by atoms with Gasteiger partial charge in [-0.15, -0.1) is 0 Å². The molecule has 1 aromatic carbocycles. The first-order valence-corrected chi connectivity index (χ1v) is 8.98. The number of rotatable bonds is 6. The smallest absolute Gasteiger partial charge is 0.251 e. The molecule has 1 N–H and O–H groups in total. The van der Waals surface area contributed by atoms with Crippen molar-refractivity contribution in [1.29, 1.82) is 0 Å². The summed E-state index contributed by atoms with van der Waals surface area (Å²) in [6.07, 6.45) is 2.59. The number of carbonyl (C=O) groups excluding carboxylic acids is 1. The average Bonchev–Trinajstić information content (AvgIpc) is 3.06. The van der Waals surface area contributed by atoms with Crippen LogP contribution in [0.4, 0.5) is 0 Å². The number of benzene rings is 1. The molecule has 2 unspecified atom stereocenters. The molecule has 1 amide bonds. The quantitative estimate of drug-likeness (QED) is 0.868. The van der Waals surface area contributed by atoms with E-state index in [0.717, 1.165) is 25.4 Å². The Morgan fingerprint density at radius 1 is 1.46 bits per heavy atom. The predicted octanol–water partition coefficient (Wildman–Crippen LogP) is 2.31. The van der Waals surface area contributed by atoms with Crippen LogP contribution in [0.3, 0.4) is 0 Å². The number of hydrogen-bond acceptors (Lipinski definition) is 4. The lowest BCUT2D eigenvalue weighted by Crippen LogP contribution is -2.50. The van der Waals surface area contributed by atoms with Gasteiger partial charge in [-0.1, -0.05) is 19.9 Å². The van der Waals surface area contributed by atoms with E-state index in [2.05, 4.69) is 24.1 Å². The molecule has 5 nitrogen and oxygen atoms in total. The van der Waals surface area contributed by atoms with E-state index in [9.17, 15) is 4.79 Å². The van der Waals surface area contributed by atoms with Gasteiger partial charge in [0, 0.05) is 24.7 Å². The topological polar surface area (TPSA) is 50.8 Å². The van der Waals surface area contributed by atoms with Gasteiger partial charge in [-0.3, -0.25) is 9.69 Å². The third-order valence-corrected chi connectivity index (χ3v) is 4.63. The number of hydrogen-bond donors (Lipinski definition) is 1. The van der Waals surface area contributed by atoms with Gasteiger partial charge in [0.25, 0.3) is 5.91 Å². The van der Waals surface area contributed by atoms with Crippen molar-refractivity contribution >= 4 is 5.91 Å². The molecule has 0 aliphatic carbocycles. The van der Waals surface area contributed by atoms with E-state index in [0.29, 0.717) is 30.7 Å². The molecule has 2 fully saturated rings. The fraction of sp³-hybridized carbons (Fsp3) is 0.632. The second kappa shape index (κ2) is 7.99. The molecule has 2 heterocycles. The summed E-state index contributed by atoms with van der Waals surface area (Å²) in [7, 11) is 0. The molecule has 132 valence electrons. The van der Waals surface area contributed by atoms with Gasteiger partial charge in [0.05, 0.1) is 19.3 Å². The molecule has 2 aliphatic heterocycles. The highest BCUT2D eigenvalue weighted by molar-refractivity contribution is 5.94. The van der Waals surface area contributed by atoms with Crippen LogP contribution in [0.25, 0.3) is 0 Å². The Morgan fingerprint density at radius 3 is 3.17 bits per heavy atom. The molecule has 3 rings (SSSR count). The normalized spacial score (nSPS) is 24.0. The second-order valence-corrected chi connectivity index (χ2v) is 7.19. The molecule has 0 spiro atoms. The summed E-state index contributed by atoms with van der Waals surface area (Å²) in [5.41, 5.74) is 0.631. The van der Waals surface area contributed by atoms with Crippen LogP contribution >= 0.6 is 0 Å². The Morgan fingerprint density at radius 2 is 2.33 bits per heavy atom. The van der Waals surface area contributed by atoms with E-state index in [4.69, 9.17) is 9.47 Å². The number of nitrogens with zero attached hydrogens (tertiary/aromatic N) is 1. The van der Waals surface area contributed by atoms with Crippen molar-refractivity contribution in [2.75, 3.05) is 32.8 Å². The number of morpholine rings is 1. The summed E-state index contributed by atoms with van der Waals surface area (Å²) in [5.74, 6) is 1.13. The summed E-state index contributed by atoms with van der Waals surface area (Å²) in [6, 6.07) is 7.95. The molecule has 0 radical (unpaired) electrons. The Hall–Kier alpha value is -1.59. The molecule has 1 aromatic rings. The number of ether oxygens (including phenoxy) is 2.